The summed E-state index contributed by atoms with van der Waals surface area (Å²) >= 11 is 0. The Morgan fingerprint density at radius 2 is 0.847 bits per heavy atom. The van der Waals surface area contributed by atoms with Gasteiger partial charge in [0.05, 0.1) is 16.4 Å². The lowest BCUT2D eigenvalue weighted by atomic mass is 9.67. The van der Waals surface area contributed by atoms with Crippen molar-refractivity contribution >= 4 is 38.9 Å². The fraction of sp³-hybridized carbons (Fsp3) is 0.0526. The molecule has 1 aliphatic rings. The second-order valence-electron chi connectivity index (χ2n) is 15.9. The number of hydrogen-bond acceptors (Lipinski definition) is 1. The van der Waals surface area contributed by atoms with Crippen LogP contribution in [0.3, 0.4) is 0 Å². The van der Waals surface area contributed by atoms with Gasteiger partial charge in [0.25, 0.3) is 0 Å². The summed E-state index contributed by atoms with van der Waals surface area (Å²) in [7, 11) is 0. The lowest BCUT2D eigenvalue weighted by molar-refractivity contribution is 0.767. The standard InChI is InChI=1S/C57H42N2/c1-39-34-40(2)36-42(35-39)41-26-28-46(29-27-41)58(45-20-10-5-11-21-45)47-30-32-49-50-33-31-48(59-55-24-14-12-22-51(55)52-23-13-15-25-56(52)59)38-54(50)57(53(49)37-47,43-16-6-3-7-17-43)44-18-8-4-9-19-44/h3-38H,1-2H3. The highest BCUT2D eigenvalue weighted by atomic mass is 15.1. The number of aryl methyl sites for hydroxylation is 2. The van der Waals surface area contributed by atoms with E-state index in [1.165, 1.54) is 77.4 Å². The second kappa shape index (κ2) is 13.9. The number of fused-ring (bicyclic) bond motifs is 6. The summed E-state index contributed by atoms with van der Waals surface area (Å²) in [6.07, 6.45) is 0. The fourth-order valence-corrected chi connectivity index (χ4v) is 9.91. The van der Waals surface area contributed by atoms with E-state index in [2.05, 4.69) is 242 Å². The SMILES string of the molecule is Cc1cc(C)cc(-c2ccc(N(c3ccccc3)c3ccc4c(c3)C(c3ccccc3)(c3ccccc3)c3cc(-n5c6ccccc6c6ccccc65)ccc3-4)cc2)c1. The molecule has 0 saturated heterocycles. The highest BCUT2D eigenvalue weighted by Gasteiger charge is 2.46. The van der Waals surface area contributed by atoms with Crippen molar-refractivity contribution in [3.8, 4) is 27.9 Å². The first-order valence-electron chi connectivity index (χ1n) is 20.5. The van der Waals surface area contributed by atoms with E-state index in [1.807, 2.05) is 0 Å². The summed E-state index contributed by atoms with van der Waals surface area (Å²) in [5.41, 5.74) is 18.9. The van der Waals surface area contributed by atoms with Crippen molar-refractivity contribution in [2.24, 2.45) is 0 Å². The average Bonchev–Trinajstić information content (AvgIpc) is 3.77. The Morgan fingerprint density at radius 1 is 0.373 bits per heavy atom. The first-order chi connectivity index (χ1) is 29.1. The maximum atomic E-state index is 2.47. The summed E-state index contributed by atoms with van der Waals surface area (Å²) in [6.45, 7) is 4.34. The van der Waals surface area contributed by atoms with Gasteiger partial charge < -0.3 is 9.47 Å². The predicted molar refractivity (Wildman–Crippen MR) is 248 cm³/mol. The number of nitrogens with zero attached hydrogens (tertiary/aromatic N) is 2. The molecule has 59 heavy (non-hydrogen) atoms. The topological polar surface area (TPSA) is 8.17 Å². The van der Waals surface area contributed by atoms with Crippen molar-refractivity contribution in [3.05, 3.63) is 252 Å². The molecular weight excluding hydrogens is 713 g/mol. The number of hydrogen-bond donors (Lipinski definition) is 0. The normalized spacial score (nSPS) is 12.7. The zero-order chi connectivity index (χ0) is 39.5. The largest absolute Gasteiger partial charge is 0.310 e. The summed E-state index contributed by atoms with van der Waals surface area (Å²) < 4.78 is 2.44. The quantitative estimate of drug-likeness (QED) is 0.157. The molecule has 0 amide bonds. The zero-order valence-electron chi connectivity index (χ0n) is 33.2. The smallest absolute Gasteiger partial charge is 0.0715 e. The molecule has 280 valence electrons. The van der Waals surface area contributed by atoms with Crippen LogP contribution in [0.4, 0.5) is 17.1 Å². The Balaban J connectivity index is 1.15. The van der Waals surface area contributed by atoms with Crippen molar-refractivity contribution in [1.82, 2.24) is 4.57 Å². The molecule has 0 atom stereocenters. The van der Waals surface area contributed by atoms with Crippen LogP contribution in [0, 0.1) is 13.8 Å². The Kier molecular flexibility index (Phi) is 8.20. The molecule has 0 N–H and O–H groups in total. The molecular formula is C57H42N2. The van der Waals surface area contributed by atoms with E-state index in [0.717, 1.165) is 22.7 Å². The van der Waals surface area contributed by atoms with Crippen molar-refractivity contribution in [2.75, 3.05) is 4.90 Å². The van der Waals surface area contributed by atoms with Gasteiger partial charge in [0.2, 0.25) is 0 Å². The van der Waals surface area contributed by atoms with Crippen LogP contribution < -0.4 is 4.90 Å². The first kappa shape index (κ1) is 34.8. The van der Waals surface area contributed by atoms with Crippen LogP contribution in [0.25, 0.3) is 49.7 Å². The minimum Gasteiger partial charge on any atom is -0.310 e. The Hall–Kier alpha value is -7.42. The van der Waals surface area contributed by atoms with Gasteiger partial charge in [-0.1, -0.05) is 169 Å². The van der Waals surface area contributed by atoms with Crippen LogP contribution in [0.5, 0.6) is 0 Å². The van der Waals surface area contributed by atoms with Gasteiger partial charge in [0.1, 0.15) is 0 Å². The van der Waals surface area contributed by atoms with Gasteiger partial charge >= 0.3 is 0 Å². The number of benzene rings is 9. The van der Waals surface area contributed by atoms with E-state index in [9.17, 15) is 0 Å². The predicted octanol–water partition coefficient (Wildman–Crippen LogP) is 14.9. The lowest BCUT2D eigenvalue weighted by Crippen LogP contribution is -2.29. The van der Waals surface area contributed by atoms with E-state index < -0.39 is 5.41 Å². The number of para-hydroxylation sites is 3. The molecule has 11 rings (SSSR count). The lowest BCUT2D eigenvalue weighted by Gasteiger charge is -2.35. The summed E-state index contributed by atoms with van der Waals surface area (Å²) in [6, 6.07) is 80.7. The van der Waals surface area contributed by atoms with E-state index in [4.69, 9.17) is 0 Å². The van der Waals surface area contributed by atoms with Crippen LogP contribution in [-0.4, -0.2) is 4.57 Å². The third kappa shape index (κ3) is 5.56. The van der Waals surface area contributed by atoms with Gasteiger partial charge in [0.15, 0.2) is 0 Å². The fourth-order valence-electron chi connectivity index (χ4n) is 9.91. The second-order valence-corrected chi connectivity index (χ2v) is 15.9. The average molecular weight is 755 g/mol. The van der Waals surface area contributed by atoms with Crippen molar-refractivity contribution in [1.29, 1.82) is 0 Å². The zero-order valence-corrected chi connectivity index (χ0v) is 33.2. The van der Waals surface area contributed by atoms with Crippen molar-refractivity contribution in [2.45, 2.75) is 19.3 Å². The Morgan fingerprint density at radius 3 is 1.44 bits per heavy atom. The number of aromatic nitrogens is 1. The van der Waals surface area contributed by atoms with Gasteiger partial charge in [-0.05, 0) is 119 Å². The van der Waals surface area contributed by atoms with Crippen LogP contribution in [0.15, 0.2) is 218 Å². The molecule has 0 fully saturated rings. The minimum absolute atomic E-state index is 0.590. The van der Waals surface area contributed by atoms with Gasteiger partial charge in [-0.15, -0.1) is 0 Å². The molecule has 0 radical (unpaired) electrons. The summed E-state index contributed by atoms with van der Waals surface area (Å²) in [5, 5.41) is 2.52. The van der Waals surface area contributed by atoms with E-state index >= 15 is 0 Å². The monoisotopic (exact) mass is 754 g/mol. The van der Waals surface area contributed by atoms with Crippen molar-refractivity contribution < 1.29 is 0 Å². The summed E-state index contributed by atoms with van der Waals surface area (Å²) in [5.74, 6) is 0. The van der Waals surface area contributed by atoms with Gasteiger partial charge in [0, 0.05) is 33.5 Å². The molecule has 0 saturated carbocycles. The van der Waals surface area contributed by atoms with E-state index in [1.54, 1.807) is 0 Å². The Labute approximate surface area is 345 Å². The molecule has 1 heterocycles. The van der Waals surface area contributed by atoms with Crippen LogP contribution >= 0.6 is 0 Å². The van der Waals surface area contributed by atoms with Crippen LogP contribution in [0.1, 0.15) is 33.4 Å². The summed E-state index contributed by atoms with van der Waals surface area (Å²) in [4.78, 5) is 2.40. The van der Waals surface area contributed by atoms with E-state index in [-0.39, 0.29) is 0 Å². The molecule has 2 heteroatoms. The number of rotatable bonds is 7. The molecule has 1 aliphatic carbocycles. The first-order valence-corrected chi connectivity index (χ1v) is 20.5. The highest BCUT2D eigenvalue weighted by Crippen LogP contribution is 2.58. The molecule has 0 spiro atoms. The molecule has 1 aromatic heterocycles. The molecule has 0 unspecified atom stereocenters. The molecule has 9 aromatic carbocycles. The van der Waals surface area contributed by atoms with Crippen LogP contribution in [0.2, 0.25) is 0 Å². The van der Waals surface area contributed by atoms with Gasteiger partial charge in [-0.3, -0.25) is 0 Å². The van der Waals surface area contributed by atoms with Gasteiger partial charge in [-0.25, -0.2) is 0 Å². The molecule has 0 bridgehead atoms. The van der Waals surface area contributed by atoms with Gasteiger partial charge in [-0.2, -0.15) is 0 Å². The minimum atomic E-state index is -0.590. The Bertz CT molecular complexity index is 3050. The molecule has 2 nitrogen and oxygen atoms in total. The van der Waals surface area contributed by atoms with Crippen molar-refractivity contribution in [3.63, 3.8) is 0 Å². The third-order valence-corrected chi connectivity index (χ3v) is 12.3. The maximum absolute atomic E-state index is 2.47. The maximum Gasteiger partial charge on any atom is 0.0715 e. The number of anilines is 3. The molecule has 0 aliphatic heterocycles. The van der Waals surface area contributed by atoms with E-state index in [0.29, 0.717) is 0 Å². The third-order valence-electron chi connectivity index (χ3n) is 12.3. The van der Waals surface area contributed by atoms with Crippen LogP contribution in [-0.2, 0) is 5.41 Å². The highest BCUT2D eigenvalue weighted by molar-refractivity contribution is 6.09. The molecule has 10 aromatic rings.